The Labute approximate surface area is 203 Å². The number of carbonyl (C=O) groups is 3. The maximum Gasteiger partial charge on any atom is 0.425 e. The first-order valence-electron chi connectivity index (χ1n) is 10.5. The molecule has 3 rings (SSSR count). The van der Waals surface area contributed by atoms with Crippen molar-refractivity contribution in [2.24, 2.45) is 0 Å². The number of hydrogen-bond acceptors (Lipinski definition) is 7. The molecule has 0 aliphatic carbocycles. The second kappa shape index (κ2) is 9.67. The fourth-order valence-electron chi connectivity index (χ4n) is 3.51. The van der Waals surface area contributed by atoms with Gasteiger partial charge in [0.1, 0.15) is 15.5 Å². The fourth-order valence-corrected chi connectivity index (χ4v) is 5.76. The number of carbonyl (C=O) groups excluding carboxylic acids is 3. The Kier molecular flexibility index (Phi) is 7.44. The third kappa shape index (κ3) is 5.78. The molecule has 1 aliphatic heterocycles. The number of esters is 1. The summed E-state index contributed by atoms with van der Waals surface area (Å²) < 4.78 is 46.0. The number of rotatable bonds is 4. The third-order valence-corrected chi connectivity index (χ3v) is 7.58. The van der Waals surface area contributed by atoms with Crippen molar-refractivity contribution >= 4 is 45.5 Å². The van der Waals surface area contributed by atoms with Gasteiger partial charge in [-0.25, -0.2) is 4.79 Å². The Bertz CT molecular complexity index is 1130. The standard InChI is InChI=1S/C22H26F3N3O4S2/c1-10-11(2)33-19(15(10)20(31)32-21(3,4)5)28-18(30)17(29)27-8-13-12-6-7-26-9-14(12)34-16(13)22(23,24)25/h26H,6-9H2,1-5H3,(H,27,29)(H,28,30). The summed E-state index contributed by atoms with van der Waals surface area (Å²) in [7, 11) is 0. The number of fused-ring (bicyclic) bond motifs is 1. The highest BCUT2D eigenvalue weighted by molar-refractivity contribution is 7.17. The van der Waals surface area contributed by atoms with Crippen LogP contribution in [-0.4, -0.2) is 29.9 Å². The molecule has 0 spiro atoms. The molecule has 186 valence electrons. The van der Waals surface area contributed by atoms with E-state index in [9.17, 15) is 27.6 Å². The van der Waals surface area contributed by atoms with Gasteiger partial charge in [-0.2, -0.15) is 13.2 Å². The van der Waals surface area contributed by atoms with E-state index in [1.807, 2.05) is 0 Å². The fraction of sp³-hybridized carbons (Fsp3) is 0.500. The molecule has 0 unspecified atom stereocenters. The van der Waals surface area contributed by atoms with Crippen molar-refractivity contribution in [3.8, 4) is 0 Å². The van der Waals surface area contributed by atoms with Crippen LogP contribution in [-0.2, 0) is 40.0 Å². The van der Waals surface area contributed by atoms with Gasteiger partial charge in [0.25, 0.3) is 0 Å². The van der Waals surface area contributed by atoms with Crippen LogP contribution in [0.4, 0.5) is 18.2 Å². The van der Waals surface area contributed by atoms with Crippen LogP contribution in [0, 0.1) is 13.8 Å². The molecule has 0 aromatic carbocycles. The molecule has 2 amide bonds. The summed E-state index contributed by atoms with van der Waals surface area (Å²) in [5.41, 5.74) is 0.560. The van der Waals surface area contributed by atoms with E-state index in [0.29, 0.717) is 46.9 Å². The number of alkyl halides is 3. The van der Waals surface area contributed by atoms with Crippen LogP contribution in [0.1, 0.15) is 62.5 Å². The lowest BCUT2D eigenvalue weighted by atomic mass is 10.0. The van der Waals surface area contributed by atoms with Crippen molar-refractivity contribution in [1.82, 2.24) is 10.6 Å². The van der Waals surface area contributed by atoms with Crippen molar-refractivity contribution < 1.29 is 32.3 Å². The lowest BCUT2D eigenvalue weighted by Gasteiger charge is -2.20. The van der Waals surface area contributed by atoms with Crippen LogP contribution in [0.2, 0.25) is 0 Å². The predicted octanol–water partition coefficient (Wildman–Crippen LogP) is 4.30. The van der Waals surface area contributed by atoms with E-state index < -0.39 is 41.0 Å². The Morgan fingerprint density at radius 1 is 1.09 bits per heavy atom. The summed E-state index contributed by atoms with van der Waals surface area (Å²) in [6.07, 6.45) is -4.15. The van der Waals surface area contributed by atoms with Gasteiger partial charge in [0, 0.05) is 22.8 Å². The molecular formula is C22H26F3N3O4S2. The average Bonchev–Trinajstić information content (AvgIpc) is 3.22. The lowest BCUT2D eigenvalue weighted by Crippen LogP contribution is -2.36. The molecule has 7 nitrogen and oxygen atoms in total. The van der Waals surface area contributed by atoms with Crippen LogP contribution in [0.25, 0.3) is 0 Å². The average molecular weight is 518 g/mol. The van der Waals surface area contributed by atoms with Gasteiger partial charge in [0.15, 0.2) is 0 Å². The van der Waals surface area contributed by atoms with E-state index in [2.05, 4.69) is 16.0 Å². The highest BCUT2D eigenvalue weighted by Crippen LogP contribution is 2.41. The number of halogens is 3. The minimum Gasteiger partial charge on any atom is -0.456 e. The molecule has 2 aromatic rings. The molecule has 0 saturated carbocycles. The zero-order valence-corrected chi connectivity index (χ0v) is 21.0. The summed E-state index contributed by atoms with van der Waals surface area (Å²) in [5.74, 6) is -2.82. The lowest BCUT2D eigenvalue weighted by molar-refractivity contribution is -0.137. The number of amides is 2. The van der Waals surface area contributed by atoms with E-state index in [4.69, 9.17) is 4.74 Å². The SMILES string of the molecule is Cc1sc(NC(=O)C(=O)NCc2c(C(F)(F)F)sc3c2CCNC3)c(C(=O)OC(C)(C)C)c1C. The largest absolute Gasteiger partial charge is 0.456 e. The zero-order valence-electron chi connectivity index (χ0n) is 19.4. The summed E-state index contributed by atoms with van der Waals surface area (Å²) in [6, 6.07) is 0. The van der Waals surface area contributed by atoms with E-state index in [0.717, 1.165) is 16.2 Å². The van der Waals surface area contributed by atoms with E-state index in [1.165, 1.54) is 0 Å². The van der Waals surface area contributed by atoms with Crippen LogP contribution < -0.4 is 16.0 Å². The molecule has 0 atom stereocenters. The second-order valence-electron chi connectivity index (χ2n) is 8.86. The Morgan fingerprint density at radius 3 is 2.38 bits per heavy atom. The maximum absolute atomic E-state index is 13.5. The van der Waals surface area contributed by atoms with Crippen LogP contribution in [0.3, 0.4) is 0 Å². The molecule has 1 aliphatic rings. The number of nitrogens with one attached hydrogen (secondary N) is 3. The first kappa shape index (κ1) is 26.2. The van der Waals surface area contributed by atoms with Crippen LogP contribution >= 0.6 is 22.7 Å². The minimum atomic E-state index is -4.56. The number of anilines is 1. The van der Waals surface area contributed by atoms with Gasteiger partial charge in [-0.1, -0.05) is 0 Å². The summed E-state index contributed by atoms with van der Waals surface area (Å²) >= 11 is 1.77. The van der Waals surface area contributed by atoms with Crippen molar-refractivity contribution in [3.05, 3.63) is 36.9 Å². The van der Waals surface area contributed by atoms with Gasteiger partial charge < -0.3 is 20.7 Å². The first-order chi connectivity index (χ1) is 15.7. The smallest absolute Gasteiger partial charge is 0.425 e. The van der Waals surface area contributed by atoms with Crippen molar-refractivity contribution in [2.45, 2.75) is 65.9 Å². The highest BCUT2D eigenvalue weighted by Gasteiger charge is 2.38. The molecule has 0 radical (unpaired) electrons. The van der Waals surface area contributed by atoms with Gasteiger partial charge in [0.05, 0.1) is 5.56 Å². The van der Waals surface area contributed by atoms with Gasteiger partial charge in [0.2, 0.25) is 0 Å². The quantitative estimate of drug-likeness (QED) is 0.415. The first-order valence-corrected chi connectivity index (χ1v) is 12.2. The summed E-state index contributed by atoms with van der Waals surface area (Å²) in [4.78, 5) is 38.2. The molecule has 2 aromatic heterocycles. The van der Waals surface area contributed by atoms with Crippen LogP contribution in [0.15, 0.2) is 0 Å². The molecule has 12 heteroatoms. The molecule has 0 bridgehead atoms. The van der Waals surface area contributed by atoms with E-state index in [-0.39, 0.29) is 16.1 Å². The number of ether oxygens (including phenoxy) is 1. The van der Waals surface area contributed by atoms with Gasteiger partial charge >= 0.3 is 24.0 Å². The van der Waals surface area contributed by atoms with Crippen molar-refractivity contribution in [1.29, 1.82) is 0 Å². The molecule has 34 heavy (non-hydrogen) atoms. The third-order valence-electron chi connectivity index (χ3n) is 5.14. The molecule has 3 N–H and O–H groups in total. The van der Waals surface area contributed by atoms with Gasteiger partial charge in [-0.05, 0) is 64.3 Å². The monoisotopic (exact) mass is 517 g/mol. The minimum absolute atomic E-state index is 0.00703. The molecular weight excluding hydrogens is 491 g/mol. The highest BCUT2D eigenvalue weighted by atomic mass is 32.1. The number of hydrogen-bond donors (Lipinski definition) is 3. The van der Waals surface area contributed by atoms with Gasteiger partial charge in [-0.15, -0.1) is 22.7 Å². The van der Waals surface area contributed by atoms with E-state index in [1.54, 1.807) is 34.6 Å². The molecule has 0 fully saturated rings. The number of thiophene rings is 2. The summed E-state index contributed by atoms with van der Waals surface area (Å²) in [6.45, 7) is 9.03. The second-order valence-corrected chi connectivity index (χ2v) is 11.2. The molecule has 0 saturated heterocycles. The Morgan fingerprint density at radius 2 is 1.76 bits per heavy atom. The Balaban J connectivity index is 1.75. The predicted molar refractivity (Wildman–Crippen MR) is 124 cm³/mol. The van der Waals surface area contributed by atoms with Crippen LogP contribution in [0.5, 0.6) is 0 Å². The zero-order chi connectivity index (χ0) is 25.4. The normalized spacial score (nSPS) is 13.9. The maximum atomic E-state index is 13.5. The molecule has 3 heterocycles. The van der Waals surface area contributed by atoms with E-state index >= 15 is 0 Å². The van der Waals surface area contributed by atoms with Gasteiger partial charge in [-0.3, -0.25) is 9.59 Å². The number of aryl methyl sites for hydroxylation is 1. The summed E-state index contributed by atoms with van der Waals surface area (Å²) in [5, 5.41) is 7.90. The van der Waals surface area contributed by atoms with Crippen molar-refractivity contribution in [2.75, 3.05) is 11.9 Å². The topological polar surface area (TPSA) is 96.5 Å². The van der Waals surface area contributed by atoms with Crippen molar-refractivity contribution in [3.63, 3.8) is 0 Å². The Hall–Kier alpha value is -2.44.